The Morgan fingerprint density at radius 3 is 2.71 bits per heavy atom. The normalized spacial score (nSPS) is 14.1. The van der Waals surface area contributed by atoms with Crippen LogP contribution in [0.2, 0.25) is 0 Å². The summed E-state index contributed by atoms with van der Waals surface area (Å²) in [6.07, 6.45) is 2.02. The van der Waals surface area contributed by atoms with Gasteiger partial charge in [0.15, 0.2) is 0 Å². The van der Waals surface area contributed by atoms with Crippen molar-refractivity contribution < 1.29 is 9.90 Å². The average Bonchev–Trinajstić information content (AvgIpc) is 3.01. The number of carbonyl (C=O) groups is 1. The van der Waals surface area contributed by atoms with Gasteiger partial charge in [-0.25, -0.2) is 9.79 Å². The molecule has 2 aromatic rings. The third-order valence-corrected chi connectivity index (χ3v) is 4.85. The molecule has 0 aliphatic carbocycles. The third-order valence-electron chi connectivity index (χ3n) is 4.85. The smallest absolute Gasteiger partial charge is 0.330 e. The number of fused-ring (bicyclic) bond motifs is 1. The maximum atomic E-state index is 12.2. The highest BCUT2D eigenvalue weighted by atomic mass is 16.3. The average molecular weight is 382 g/mol. The van der Waals surface area contributed by atoms with E-state index in [1.807, 2.05) is 31.2 Å². The van der Waals surface area contributed by atoms with Crippen LogP contribution in [-0.4, -0.2) is 38.6 Å². The SMILES string of the molecule is CCN(CCC1=c2ccccc2=N/C1=C\c1c(O)n(C)c(=O)[nH]c1=O)C(C)=O. The fourth-order valence-electron chi connectivity index (χ4n) is 3.22. The molecule has 8 nitrogen and oxygen atoms in total. The van der Waals surface area contributed by atoms with Crippen molar-refractivity contribution in [1.29, 1.82) is 0 Å². The first-order valence-electron chi connectivity index (χ1n) is 9.00. The van der Waals surface area contributed by atoms with Gasteiger partial charge >= 0.3 is 5.69 Å². The van der Waals surface area contributed by atoms with Crippen LogP contribution in [0.4, 0.5) is 0 Å². The van der Waals surface area contributed by atoms with Crippen LogP contribution >= 0.6 is 0 Å². The van der Waals surface area contributed by atoms with E-state index in [0.29, 0.717) is 25.2 Å². The Kier molecular flexibility index (Phi) is 5.30. The summed E-state index contributed by atoms with van der Waals surface area (Å²) in [4.78, 5) is 44.0. The van der Waals surface area contributed by atoms with E-state index in [0.717, 1.165) is 20.7 Å². The zero-order valence-electron chi connectivity index (χ0n) is 16.0. The van der Waals surface area contributed by atoms with E-state index in [2.05, 4.69) is 9.98 Å². The number of H-pyrrole nitrogens is 1. The van der Waals surface area contributed by atoms with Crippen LogP contribution in [0.3, 0.4) is 0 Å². The molecule has 146 valence electrons. The molecule has 2 N–H and O–H groups in total. The number of aromatic hydroxyl groups is 1. The van der Waals surface area contributed by atoms with Crippen LogP contribution < -0.4 is 21.8 Å². The monoisotopic (exact) mass is 382 g/mol. The number of nitrogens with zero attached hydrogens (tertiary/aromatic N) is 3. The molecule has 0 spiro atoms. The zero-order valence-corrected chi connectivity index (χ0v) is 16.0. The molecular formula is C20H22N4O4. The van der Waals surface area contributed by atoms with Crippen LogP contribution in [0.25, 0.3) is 11.6 Å². The summed E-state index contributed by atoms with van der Waals surface area (Å²) in [5, 5.41) is 11.9. The Bertz CT molecular complexity index is 1200. The number of rotatable bonds is 5. The summed E-state index contributed by atoms with van der Waals surface area (Å²) >= 11 is 0. The standard InChI is InChI=1S/C20H22N4O4/c1-4-24(12(2)25)10-9-14-13-7-5-6-8-16(13)21-17(14)11-15-18(26)22-20(28)23(3)19(15)27/h5-8,11,27H,4,9-10H2,1-3H3,(H,22,26,28)/b17-11-. The summed E-state index contributed by atoms with van der Waals surface area (Å²) in [5.41, 5.74) is -0.00801. The fourth-order valence-corrected chi connectivity index (χ4v) is 3.22. The van der Waals surface area contributed by atoms with Crippen LogP contribution in [0.15, 0.2) is 44.5 Å². The highest BCUT2D eigenvalue weighted by molar-refractivity contribution is 5.77. The molecule has 0 unspecified atom stereocenters. The summed E-state index contributed by atoms with van der Waals surface area (Å²) < 4.78 is 0.962. The number of hydrogen-bond donors (Lipinski definition) is 2. The molecule has 2 heterocycles. The van der Waals surface area contributed by atoms with Crippen molar-refractivity contribution >= 4 is 17.6 Å². The first-order chi connectivity index (χ1) is 13.3. The summed E-state index contributed by atoms with van der Waals surface area (Å²) in [5.74, 6) is -0.435. The van der Waals surface area contributed by atoms with Gasteiger partial charge in [-0.3, -0.25) is 19.1 Å². The number of hydrogen-bond acceptors (Lipinski definition) is 5. The molecule has 0 saturated heterocycles. The number of carbonyl (C=O) groups excluding carboxylic acids is 1. The predicted octanol–water partition coefficient (Wildman–Crippen LogP) is -0.137. The molecule has 8 heteroatoms. The Labute approximate surface area is 160 Å². The molecule has 1 aliphatic rings. The lowest BCUT2D eigenvalue weighted by Gasteiger charge is -2.19. The van der Waals surface area contributed by atoms with Gasteiger partial charge in [0.25, 0.3) is 5.56 Å². The van der Waals surface area contributed by atoms with E-state index < -0.39 is 17.1 Å². The number of nitrogens with one attached hydrogen (secondary N) is 1. The Morgan fingerprint density at radius 1 is 1.32 bits per heavy atom. The van der Waals surface area contributed by atoms with Gasteiger partial charge in [-0.1, -0.05) is 18.2 Å². The molecule has 0 fully saturated rings. The quantitative estimate of drug-likeness (QED) is 0.751. The highest BCUT2D eigenvalue weighted by Crippen LogP contribution is 2.23. The van der Waals surface area contributed by atoms with Gasteiger partial charge in [0.2, 0.25) is 11.8 Å². The van der Waals surface area contributed by atoms with Crippen molar-refractivity contribution in [3.63, 3.8) is 0 Å². The van der Waals surface area contributed by atoms with Crippen LogP contribution in [0.1, 0.15) is 25.8 Å². The summed E-state index contributed by atoms with van der Waals surface area (Å²) in [6.45, 7) is 4.55. The lowest BCUT2D eigenvalue weighted by Crippen LogP contribution is -2.30. The number of amides is 1. The first kappa shape index (κ1) is 19.3. The maximum absolute atomic E-state index is 12.2. The molecule has 0 atom stereocenters. The lowest BCUT2D eigenvalue weighted by molar-refractivity contribution is -0.128. The Morgan fingerprint density at radius 2 is 2.04 bits per heavy atom. The van der Waals surface area contributed by atoms with Crippen molar-refractivity contribution in [2.24, 2.45) is 12.0 Å². The Balaban J connectivity index is 2.11. The Hall–Kier alpha value is -3.42. The summed E-state index contributed by atoms with van der Waals surface area (Å²) in [6, 6.07) is 7.57. The van der Waals surface area contributed by atoms with Crippen LogP contribution in [-0.2, 0) is 11.8 Å². The molecule has 1 aromatic carbocycles. The molecule has 1 aromatic heterocycles. The second kappa shape index (κ2) is 7.67. The molecule has 0 bridgehead atoms. The third kappa shape index (κ3) is 3.53. The summed E-state index contributed by atoms with van der Waals surface area (Å²) in [7, 11) is 1.37. The zero-order chi connectivity index (χ0) is 20.4. The molecule has 28 heavy (non-hydrogen) atoms. The van der Waals surface area contributed by atoms with Crippen LogP contribution in [0.5, 0.6) is 5.88 Å². The van der Waals surface area contributed by atoms with Gasteiger partial charge in [0, 0.05) is 32.3 Å². The molecule has 1 aliphatic heterocycles. The van der Waals surface area contributed by atoms with Gasteiger partial charge < -0.3 is 10.0 Å². The van der Waals surface area contributed by atoms with Gasteiger partial charge in [-0.15, -0.1) is 0 Å². The number of aromatic nitrogens is 2. The number of benzene rings is 1. The first-order valence-corrected chi connectivity index (χ1v) is 9.00. The van der Waals surface area contributed by atoms with Crippen molar-refractivity contribution in [1.82, 2.24) is 14.5 Å². The van der Waals surface area contributed by atoms with E-state index in [-0.39, 0.29) is 11.5 Å². The van der Waals surface area contributed by atoms with Gasteiger partial charge in [0.1, 0.15) is 5.56 Å². The fraction of sp³-hybridized carbons (Fsp3) is 0.300. The van der Waals surface area contributed by atoms with E-state index in [4.69, 9.17) is 0 Å². The van der Waals surface area contributed by atoms with E-state index >= 15 is 0 Å². The lowest BCUT2D eigenvalue weighted by atomic mass is 10.1. The van der Waals surface area contributed by atoms with E-state index in [1.165, 1.54) is 20.0 Å². The van der Waals surface area contributed by atoms with Crippen molar-refractivity contribution in [3.8, 4) is 5.88 Å². The second-order valence-electron chi connectivity index (χ2n) is 6.54. The van der Waals surface area contributed by atoms with E-state index in [1.54, 1.807) is 4.90 Å². The van der Waals surface area contributed by atoms with Crippen molar-refractivity contribution in [2.45, 2.75) is 20.3 Å². The minimum absolute atomic E-state index is 0.0102. The van der Waals surface area contributed by atoms with E-state index in [9.17, 15) is 19.5 Å². The minimum Gasteiger partial charge on any atom is -0.494 e. The van der Waals surface area contributed by atoms with Crippen molar-refractivity contribution in [3.05, 3.63) is 66.9 Å². The molecule has 3 rings (SSSR count). The van der Waals surface area contributed by atoms with Gasteiger partial charge in [-0.2, -0.15) is 0 Å². The van der Waals surface area contributed by atoms with Gasteiger partial charge in [-0.05, 0) is 31.1 Å². The number of aromatic amines is 1. The van der Waals surface area contributed by atoms with Crippen molar-refractivity contribution in [2.75, 3.05) is 13.1 Å². The maximum Gasteiger partial charge on any atom is 0.330 e. The molecule has 0 saturated carbocycles. The van der Waals surface area contributed by atoms with Crippen LogP contribution in [0, 0.1) is 0 Å². The molecule has 1 amide bonds. The number of para-hydroxylation sites is 1. The second-order valence-corrected chi connectivity index (χ2v) is 6.54. The number of allylic oxidation sites excluding steroid dienone is 1. The minimum atomic E-state index is -0.694. The molecule has 0 radical (unpaired) electrons. The molecular weight excluding hydrogens is 360 g/mol. The largest absolute Gasteiger partial charge is 0.494 e. The predicted molar refractivity (Wildman–Crippen MR) is 105 cm³/mol. The topological polar surface area (TPSA) is 108 Å². The highest BCUT2D eigenvalue weighted by Gasteiger charge is 2.18. The van der Waals surface area contributed by atoms with Gasteiger partial charge in [0.05, 0.1) is 11.1 Å².